The van der Waals surface area contributed by atoms with Gasteiger partial charge in [-0.05, 0) is 12.1 Å². The number of Topliss-reactive ketones (excluding diaryl/α,β-unsaturated/α-hetero) is 1. The first-order chi connectivity index (χ1) is 9.68. The number of ether oxygens (including phenoxy) is 1. The van der Waals surface area contributed by atoms with Gasteiger partial charge in [-0.25, -0.2) is 0 Å². The van der Waals surface area contributed by atoms with Gasteiger partial charge >= 0.3 is 0 Å². The van der Waals surface area contributed by atoms with Gasteiger partial charge in [0, 0.05) is 38.6 Å². The lowest BCUT2D eigenvalue weighted by atomic mass is 10.0. The molecule has 1 saturated heterocycles. The molecule has 4 nitrogen and oxygen atoms in total. The van der Waals surface area contributed by atoms with Crippen molar-refractivity contribution in [1.82, 2.24) is 10.2 Å². The van der Waals surface area contributed by atoms with Crippen molar-refractivity contribution in [3.8, 4) is 5.75 Å². The van der Waals surface area contributed by atoms with Crippen LogP contribution in [0, 0.1) is 5.92 Å². The molecule has 0 saturated carbocycles. The number of nitrogens with zero attached hydrogens (tertiary/aromatic N) is 1. The normalized spacial score (nSPS) is 16.4. The van der Waals surface area contributed by atoms with Crippen molar-refractivity contribution in [2.45, 2.75) is 13.8 Å². The first-order valence-electron chi connectivity index (χ1n) is 7.37. The molecule has 4 heteroatoms. The van der Waals surface area contributed by atoms with Crippen molar-refractivity contribution in [1.29, 1.82) is 0 Å². The van der Waals surface area contributed by atoms with Crippen LogP contribution in [0.1, 0.15) is 24.2 Å². The minimum atomic E-state index is -0.00656. The number of carbonyl (C=O) groups excluding carboxylic acids is 1. The van der Waals surface area contributed by atoms with E-state index >= 15 is 0 Å². The van der Waals surface area contributed by atoms with Crippen LogP contribution in [-0.2, 0) is 0 Å². The zero-order chi connectivity index (χ0) is 14.4. The van der Waals surface area contributed by atoms with E-state index in [0.29, 0.717) is 17.9 Å². The van der Waals surface area contributed by atoms with Gasteiger partial charge in [0.15, 0.2) is 5.78 Å². The number of hydrogen-bond donors (Lipinski definition) is 1. The molecular formula is C16H24N2O2. The van der Waals surface area contributed by atoms with Crippen LogP contribution >= 0.6 is 0 Å². The molecular weight excluding hydrogens is 252 g/mol. The third-order valence-corrected chi connectivity index (χ3v) is 3.55. The van der Waals surface area contributed by atoms with E-state index in [1.54, 1.807) is 0 Å². The van der Waals surface area contributed by atoms with Gasteiger partial charge in [0.1, 0.15) is 12.4 Å². The summed E-state index contributed by atoms with van der Waals surface area (Å²) in [6.45, 7) is 9.59. The highest BCUT2D eigenvalue weighted by Crippen LogP contribution is 2.21. The number of carbonyl (C=O) groups is 1. The Kier molecular flexibility index (Phi) is 5.56. The largest absolute Gasteiger partial charge is 0.491 e. The highest BCUT2D eigenvalue weighted by molar-refractivity contribution is 5.99. The Hall–Kier alpha value is -1.39. The smallest absolute Gasteiger partial charge is 0.169 e. The van der Waals surface area contributed by atoms with E-state index in [0.717, 1.165) is 32.7 Å². The second-order valence-corrected chi connectivity index (χ2v) is 5.46. The maximum Gasteiger partial charge on any atom is 0.169 e. The number of nitrogens with one attached hydrogen (secondary N) is 1. The van der Waals surface area contributed by atoms with Crippen LogP contribution in [0.3, 0.4) is 0 Å². The average Bonchev–Trinajstić information content (AvgIpc) is 2.48. The van der Waals surface area contributed by atoms with E-state index in [2.05, 4.69) is 10.2 Å². The molecule has 1 heterocycles. The molecule has 0 atom stereocenters. The molecule has 0 amide bonds. The summed E-state index contributed by atoms with van der Waals surface area (Å²) in [5.41, 5.74) is 0.697. The van der Waals surface area contributed by atoms with Crippen LogP contribution in [0.4, 0.5) is 0 Å². The predicted molar refractivity (Wildman–Crippen MR) is 80.4 cm³/mol. The second-order valence-electron chi connectivity index (χ2n) is 5.46. The molecule has 1 aliphatic rings. The summed E-state index contributed by atoms with van der Waals surface area (Å²) in [5, 5.41) is 3.33. The van der Waals surface area contributed by atoms with Crippen molar-refractivity contribution in [3.63, 3.8) is 0 Å². The fraction of sp³-hybridized carbons (Fsp3) is 0.562. The average molecular weight is 276 g/mol. The summed E-state index contributed by atoms with van der Waals surface area (Å²) in [6, 6.07) is 7.53. The van der Waals surface area contributed by atoms with Crippen LogP contribution in [0.2, 0.25) is 0 Å². The van der Waals surface area contributed by atoms with E-state index in [-0.39, 0.29) is 11.7 Å². The number of para-hydroxylation sites is 1. The topological polar surface area (TPSA) is 41.6 Å². The molecule has 1 aliphatic heterocycles. The Labute approximate surface area is 121 Å². The van der Waals surface area contributed by atoms with Gasteiger partial charge < -0.3 is 10.1 Å². The molecule has 0 bridgehead atoms. The number of benzene rings is 1. The highest BCUT2D eigenvalue weighted by Gasteiger charge is 2.15. The van der Waals surface area contributed by atoms with Gasteiger partial charge in [-0.1, -0.05) is 26.0 Å². The van der Waals surface area contributed by atoms with E-state index in [1.807, 2.05) is 38.1 Å². The Balaban J connectivity index is 1.90. The predicted octanol–water partition coefficient (Wildman–Crippen LogP) is 1.81. The third-order valence-electron chi connectivity index (χ3n) is 3.55. The molecule has 1 aromatic rings. The fourth-order valence-corrected chi connectivity index (χ4v) is 2.33. The summed E-state index contributed by atoms with van der Waals surface area (Å²) >= 11 is 0. The second kappa shape index (κ2) is 7.41. The van der Waals surface area contributed by atoms with Crippen LogP contribution in [-0.4, -0.2) is 50.0 Å². The van der Waals surface area contributed by atoms with Gasteiger partial charge in [0.2, 0.25) is 0 Å². The number of piperazine rings is 1. The molecule has 0 aromatic heterocycles. The van der Waals surface area contributed by atoms with Crippen molar-refractivity contribution in [3.05, 3.63) is 29.8 Å². The molecule has 0 spiro atoms. The van der Waals surface area contributed by atoms with Crippen LogP contribution < -0.4 is 10.1 Å². The fourth-order valence-electron chi connectivity index (χ4n) is 2.33. The first kappa shape index (κ1) is 15.0. The van der Waals surface area contributed by atoms with Crippen LogP contribution in [0.15, 0.2) is 24.3 Å². The summed E-state index contributed by atoms with van der Waals surface area (Å²) in [6.07, 6.45) is 0. The lowest BCUT2D eigenvalue weighted by Gasteiger charge is -2.27. The molecule has 1 aromatic carbocycles. The quantitative estimate of drug-likeness (QED) is 0.805. The third kappa shape index (κ3) is 4.05. The number of hydrogen-bond acceptors (Lipinski definition) is 4. The SMILES string of the molecule is CC(C)C(=O)c1ccccc1OCCN1CCNCC1. The standard InChI is InChI=1S/C16H24N2O2/c1-13(2)16(19)14-5-3-4-6-15(14)20-12-11-18-9-7-17-8-10-18/h3-6,13,17H,7-12H2,1-2H3. The first-order valence-corrected chi connectivity index (χ1v) is 7.37. The van der Waals surface area contributed by atoms with Crippen molar-refractivity contribution in [2.75, 3.05) is 39.3 Å². The summed E-state index contributed by atoms with van der Waals surface area (Å²) in [4.78, 5) is 14.5. The van der Waals surface area contributed by atoms with Crippen LogP contribution in [0.25, 0.3) is 0 Å². The van der Waals surface area contributed by atoms with Crippen molar-refractivity contribution >= 4 is 5.78 Å². The van der Waals surface area contributed by atoms with E-state index in [4.69, 9.17) is 4.74 Å². The summed E-state index contributed by atoms with van der Waals surface area (Å²) < 4.78 is 5.83. The number of rotatable bonds is 6. The van der Waals surface area contributed by atoms with E-state index < -0.39 is 0 Å². The van der Waals surface area contributed by atoms with Gasteiger partial charge in [-0.15, -0.1) is 0 Å². The molecule has 2 rings (SSSR count). The van der Waals surface area contributed by atoms with E-state index in [9.17, 15) is 4.79 Å². The molecule has 0 radical (unpaired) electrons. The number of ketones is 1. The Bertz CT molecular complexity index is 440. The lowest BCUT2D eigenvalue weighted by molar-refractivity contribution is 0.0934. The molecule has 20 heavy (non-hydrogen) atoms. The Morgan fingerprint density at radius 2 is 2.00 bits per heavy atom. The Morgan fingerprint density at radius 3 is 2.70 bits per heavy atom. The molecule has 1 fully saturated rings. The zero-order valence-electron chi connectivity index (χ0n) is 12.4. The Morgan fingerprint density at radius 1 is 1.30 bits per heavy atom. The van der Waals surface area contributed by atoms with Gasteiger partial charge in [-0.3, -0.25) is 9.69 Å². The van der Waals surface area contributed by atoms with Gasteiger partial charge in [0.05, 0.1) is 5.56 Å². The molecule has 1 N–H and O–H groups in total. The minimum Gasteiger partial charge on any atom is -0.491 e. The monoisotopic (exact) mass is 276 g/mol. The maximum atomic E-state index is 12.1. The van der Waals surface area contributed by atoms with Crippen molar-refractivity contribution in [2.24, 2.45) is 5.92 Å². The van der Waals surface area contributed by atoms with Crippen molar-refractivity contribution < 1.29 is 9.53 Å². The van der Waals surface area contributed by atoms with E-state index in [1.165, 1.54) is 0 Å². The maximum absolute atomic E-state index is 12.1. The zero-order valence-corrected chi connectivity index (χ0v) is 12.4. The summed E-state index contributed by atoms with van der Waals surface area (Å²) in [5.74, 6) is 0.844. The molecule has 110 valence electrons. The highest BCUT2D eigenvalue weighted by atomic mass is 16.5. The molecule has 0 unspecified atom stereocenters. The lowest BCUT2D eigenvalue weighted by Crippen LogP contribution is -2.44. The molecule has 0 aliphatic carbocycles. The van der Waals surface area contributed by atoms with Gasteiger partial charge in [0.25, 0.3) is 0 Å². The van der Waals surface area contributed by atoms with Crippen LogP contribution in [0.5, 0.6) is 5.75 Å². The summed E-state index contributed by atoms with van der Waals surface area (Å²) in [7, 11) is 0. The van der Waals surface area contributed by atoms with Gasteiger partial charge in [-0.2, -0.15) is 0 Å². The minimum absolute atomic E-state index is 0.00656.